The van der Waals surface area contributed by atoms with Crippen molar-refractivity contribution in [1.29, 1.82) is 0 Å². The van der Waals surface area contributed by atoms with Crippen molar-refractivity contribution in [3.05, 3.63) is 0 Å². The van der Waals surface area contributed by atoms with Crippen molar-refractivity contribution < 1.29 is 17.9 Å². The average Bonchev–Trinajstić information content (AvgIpc) is 1.79. The SMILES string of the molecule is CCO[C@@H]([C@@H](C)N)C(F)(F)F. The van der Waals surface area contributed by atoms with E-state index in [0.29, 0.717) is 0 Å². The van der Waals surface area contributed by atoms with Crippen LogP contribution in [-0.4, -0.2) is 24.9 Å². The fraction of sp³-hybridized carbons (Fsp3) is 1.00. The van der Waals surface area contributed by atoms with Crippen LogP contribution in [0, 0.1) is 0 Å². The Labute approximate surface area is 63.5 Å². The third-order valence-corrected chi connectivity index (χ3v) is 1.15. The van der Waals surface area contributed by atoms with Crippen LogP contribution in [0.2, 0.25) is 0 Å². The normalized spacial score (nSPS) is 18.0. The predicted molar refractivity (Wildman–Crippen MR) is 35.1 cm³/mol. The van der Waals surface area contributed by atoms with Crippen molar-refractivity contribution in [2.45, 2.75) is 32.2 Å². The summed E-state index contributed by atoms with van der Waals surface area (Å²) in [5.41, 5.74) is 5.06. The van der Waals surface area contributed by atoms with Crippen molar-refractivity contribution in [2.75, 3.05) is 6.61 Å². The van der Waals surface area contributed by atoms with E-state index in [1.165, 1.54) is 13.8 Å². The number of ether oxygens (including phenoxy) is 1. The van der Waals surface area contributed by atoms with Gasteiger partial charge in [-0.05, 0) is 13.8 Å². The van der Waals surface area contributed by atoms with E-state index < -0.39 is 18.3 Å². The zero-order valence-electron chi connectivity index (χ0n) is 6.48. The summed E-state index contributed by atoms with van der Waals surface area (Å²) < 4.78 is 40.3. The van der Waals surface area contributed by atoms with Gasteiger partial charge in [-0.25, -0.2) is 0 Å². The van der Waals surface area contributed by atoms with E-state index in [1.807, 2.05) is 0 Å². The van der Waals surface area contributed by atoms with Crippen LogP contribution >= 0.6 is 0 Å². The first-order chi connectivity index (χ1) is 4.89. The van der Waals surface area contributed by atoms with Gasteiger partial charge in [0.15, 0.2) is 6.10 Å². The lowest BCUT2D eigenvalue weighted by molar-refractivity contribution is -0.223. The van der Waals surface area contributed by atoms with Crippen LogP contribution in [0.25, 0.3) is 0 Å². The Hall–Kier alpha value is -0.290. The topological polar surface area (TPSA) is 35.2 Å². The Kier molecular flexibility index (Phi) is 3.82. The Bertz CT molecular complexity index is 113. The van der Waals surface area contributed by atoms with Gasteiger partial charge < -0.3 is 10.5 Å². The molecule has 0 aromatic rings. The van der Waals surface area contributed by atoms with E-state index in [2.05, 4.69) is 4.74 Å². The second kappa shape index (κ2) is 3.92. The van der Waals surface area contributed by atoms with Gasteiger partial charge in [0.05, 0.1) is 0 Å². The molecule has 0 bridgehead atoms. The third kappa shape index (κ3) is 3.57. The molecular weight excluding hydrogens is 159 g/mol. The van der Waals surface area contributed by atoms with E-state index >= 15 is 0 Å². The molecule has 68 valence electrons. The second-order valence-electron chi connectivity index (χ2n) is 2.28. The first-order valence-corrected chi connectivity index (χ1v) is 3.33. The molecule has 0 aliphatic rings. The average molecular weight is 171 g/mol. The minimum atomic E-state index is -4.36. The Morgan fingerprint density at radius 1 is 1.45 bits per heavy atom. The maximum absolute atomic E-state index is 12.0. The highest BCUT2D eigenvalue weighted by atomic mass is 19.4. The lowest BCUT2D eigenvalue weighted by Crippen LogP contribution is -2.45. The van der Waals surface area contributed by atoms with Gasteiger partial charge in [0.2, 0.25) is 0 Å². The maximum Gasteiger partial charge on any atom is 0.416 e. The number of alkyl halides is 3. The van der Waals surface area contributed by atoms with E-state index in [1.54, 1.807) is 0 Å². The molecule has 0 saturated heterocycles. The fourth-order valence-corrected chi connectivity index (χ4v) is 0.724. The standard InChI is InChI=1S/C6H12F3NO/c1-3-11-5(4(2)10)6(7,8)9/h4-5H,3,10H2,1-2H3/t4-,5+/m1/s1. The maximum atomic E-state index is 12.0. The van der Waals surface area contributed by atoms with Crippen LogP contribution in [0.5, 0.6) is 0 Å². The van der Waals surface area contributed by atoms with Crippen LogP contribution in [-0.2, 0) is 4.74 Å². The molecule has 0 aromatic carbocycles. The highest BCUT2D eigenvalue weighted by molar-refractivity contribution is 4.75. The monoisotopic (exact) mass is 171 g/mol. The van der Waals surface area contributed by atoms with E-state index in [0.717, 1.165) is 0 Å². The third-order valence-electron chi connectivity index (χ3n) is 1.15. The summed E-state index contributed by atoms with van der Waals surface area (Å²) in [6.07, 6.45) is -6.20. The van der Waals surface area contributed by atoms with Crippen LogP contribution in [0.15, 0.2) is 0 Å². The van der Waals surface area contributed by atoms with Crippen molar-refractivity contribution in [3.63, 3.8) is 0 Å². The Morgan fingerprint density at radius 2 is 1.91 bits per heavy atom. The number of nitrogens with two attached hydrogens (primary N) is 1. The molecule has 2 atom stereocenters. The van der Waals surface area contributed by atoms with Crippen LogP contribution < -0.4 is 5.73 Å². The Morgan fingerprint density at radius 3 is 2.00 bits per heavy atom. The number of hydrogen-bond acceptors (Lipinski definition) is 2. The molecule has 0 spiro atoms. The lowest BCUT2D eigenvalue weighted by atomic mass is 10.2. The van der Waals surface area contributed by atoms with Gasteiger partial charge in [-0.3, -0.25) is 0 Å². The molecule has 0 radical (unpaired) electrons. The van der Waals surface area contributed by atoms with Gasteiger partial charge in [0.25, 0.3) is 0 Å². The van der Waals surface area contributed by atoms with Gasteiger partial charge in [0, 0.05) is 12.6 Å². The fourth-order valence-electron chi connectivity index (χ4n) is 0.724. The molecule has 0 heterocycles. The zero-order valence-corrected chi connectivity index (χ0v) is 6.48. The second-order valence-corrected chi connectivity index (χ2v) is 2.28. The molecular formula is C6H12F3NO. The highest BCUT2D eigenvalue weighted by Crippen LogP contribution is 2.24. The summed E-state index contributed by atoms with van der Waals surface area (Å²) in [6, 6.07) is -1.02. The van der Waals surface area contributed by atoms with Crippen molar-refractivity contribution in [1.82, 2.24) is 0 Å². The molecule has 0 saturated carbocycles. The molecule has 0 aliphatic carbocycles. The molecule has 0 unspecified atom stereocenters. The smallest absolute Gasteiger partial charge is 0.367 e. The van der Waals surface area contributed by atoms with Crippen molar-refractivity contribution >= 4 is 0 Å². The predicted octanol–water partition coefficient (Wildman–Crippen LogP) is 1.30. The summed E-state index contributed by atoms with van der Waals surface area (Å²) in [7, 11) is 0. The minimum absolute atomic E-state index is 0.0196. The van der Waals surface area contributed by atoms with Crippen molar-refractivity contribution in [3.8, 4) is 0 Å². The quantitative estimate of drug-likeness (QED) is 0.694. The molecule has 0 rings (SSSR count). The summed E-state index contributed by atoms with van der Waals surface area (Å²) in [6.45, 7) is 2.79. The zero-order chi connectivity index (χ0) is 9.07. The molecule has 2 N–H and O–H groups in total. The van der Waals surface area contributed by atoms with Gasteiger partial charge in [0.1, 0.15) is 0 Å². The molecule has 0 aromatic heterocycles. The number of rotatable bonds is 3. The summed E-state index contributed by atoms with van der Waals surface area (Å²) >= 11 is 0. The highest BCUT2D eigenvalue weighted by Gasteiger charge is 2.42. The summed E-state index contributed by atoms with van der Waals surface area (Å²) in [5, 5.41) is 0. The lowest BCUT2D eigenvalue weighted by Gasteiger charge is -2.22. The van der Waals surface area contributed by atoms with Crippen molar-refractivity contribution in [2.24, 2.45) is 5.73 Å². The largest absolute Gasteiger partial charge is 0.416 e. The number of halogens is 3. The molecule has 0 aliphatic heterocycles. The van der Waals surface area contributed by atoms with Crippen LogP contribution in [0.3, 0.4) is 0 Å². The number of hydrogen-bond donors (Lipinski definition) is 1. The van der Waals surface area contributed by atoms with Crippen LogP contribution in [0.1, 0.15) is 13.8 Å². The summed E-state index contributed by atoms with van der Waals surface area (Å²) in [5.74, 6) is 0. The van der Waals surface area contributed by atoms with E-state index in [-0.39, 0.29) is 6.61 Å². The Balaban J connectivity index is 4.10. The molecule has 11 heavy (non-hydrogen) atoms. The van der Waals surface area contributed by atoms with E-state index in [9.17, 15) is 13.2 Å². The van der Waals surface area contributed by atoms with Gasteiger partial charge in [-0.15, -0.1) is 0 Å². The molecule has 2 nitrogen and oxygen atoms in total. The van der Waals surface area contributed by atoms with Gasteiger partial charge in [-0.2, -0.15) is 13.2 Å². The van der Waals surface area contributed by atoms with E-state index in [4.69, 9.17) is 5.73 Å². The summed E-state index contributed by atoms with van der Waals surface area (Å²) in [4.78, 5) is 0. The molecule has 0 amide bonds. The first kappa shape index (κ1) is 10.7. The minimum Gasteiger partial charge on any atom is -0.367 e. The first-order valence-electron chi connectivity index (χ1n) is 3.33. The van der Waals surface area contributed by atoms with Crippen LogP contribution in [0.4, 0.5) is 13.2 Å². The molecule has 5 heteroatoms. The van der Waals surface area contributed by atoms with Gasteiger partial charge in [-0.1, -0.05) is 0 Å². The van der Waals surface area contributed by atoms with Gasteiger partial charge >= 0.3 is 6.18 Å². The molecule has 0 fully saturated rings.